The normalized spacial score (nSPS) is 13.0. The zero-order valence-corrected chi connectivity index (χ0v) is 17.7. The molecule has 7 nitrogen and oxygen atoms in total. The highest BCUT2D eigenvalue weighted by Crippen LogP contribution is 2.10. The van der Waals surface area contributed by atoms with Gasteiger partial charge in [-0.3, -0.25) is 4.79 Å². The Bertz CT molecular complexity index is 894. The van der Waals surface area contributed by atoms with Crippen molar-refractivity contribution < 1.29 is 28.6 Å². The minimum atomic E-state index is -1.20. The van der Waals surface area contributed by atoms with Crippen molar-refractivity contribution in [3.63, 3.8) is 0 Å². The number of rotatable bonds is 8. The molecule has 0 aliphatic carbocycles. The highest BCUT2D eigenvalue weighted by molar-refractivity contribution is 5.89. The molecule has 0 bridgehead atoms. The number of halogens is 1. The highest BCUT2D eigenvalue weighted by atomic mass is 19.1. The highest BCUT2D eigenvalue weighted by Gasteiger charge is 2.28. The van der Waals surface area contributed by atoms with Crippen LogP contribution in [-0.4, -0.2) is 40.8 Å². The molecule has 0 saturated carbocycles. The van der Waals surface area contributed by atoms with Gasteiger partial charge in [0.25, 0.3) is 0 Å². The van der Waals surface area contributed by atoms with Crippen LogP contribution in [0.15, 0.2) is 54.6 Å². The van der Waals surface area contributed by atoms with Crippen LogP contribution in [0, 0.1) is 5.82 Å². The van der Waals surface area contributed by atoms with E-state index in [-0.39, 0.29) is 12.8 Å². The fourth-order valence-corrected chi connectivity index (χ4v) is 2.84. The number of hydrogen-bond donors (Lipinski definition) is 3. The molecule has 2 aromatic rings. The Balaban J connectivity index is 2.16. The van der Waals surface area contributed by atoms with E-state index < -0.39 is 41.5 Å². The van der Waals surface area contributed by atoms with Gasteiger partial charge in [-0.15, -0.1) is 0 Å². The lowest BCUT2D eigenvalue weighted by Crippen LogP contribution is -2.53. The van der Waals surface area contributed by atoms with Crippen molar-refractivity contribution in [3.05, 3.63) is 71.5 Å². The van der Waals surface area contributed by atoms with E-state index in [1.54, 1.807) is 51.1 Å². The van der Waals surface area contributed by atoms with Crippen LogP contribution >= 0.6 is 0 Å². The summed E-state index contributed by atoms with van der Waals surface area (Å²) in [5.74, 6) is -2.31. The number of carbonyl (C=O) groups is 3. The van der Waals surface area contributed by atoms with E-state index in [0.29, 0.717) is 5.56 Å². The summed E-state index contributed by atoms with van der Waals surface area (Å²) in [5, 5.41) is 14.5. The van der Waals surface area contributed by atoms with Crippen molar-refractivity contribution in [1.29, 1.82) is 0 Å². The second kappa shape index (κ2) is 10.6. The van der Waals surface area contributed by atoms with Crippen molar-refractivity contribution in [2.24, 2.45) is 0 Å². The topological polar surface area (TPSA) is 105 Å². The zero-order valence-electron chi connectivity index (χ0n) is 17.7. The molecule has 0 unspecified atom stereocenters. The first-order valence-electron chi connectivity index (χ1n) is 9.84. The first kappa shape index (κ1) is 23.9. The van der Waals surface area contributed by atoms with Gasteiger partial charge in [0.1, 0.15) is 23.5 Å². The maximum Gasteiger partial charge on any atom is 0.408 e. The molecule has 2 amide bonds. The van der Waals surface area contributed by atoms with Crippen molar-refractivity contribution >= 4 is 18.0 Å². The Morgan fingerprint density at radius 2 is 1.45 bits per heavy atom. The molecule has 0 aliphatic heterocycles. The number of carboxylic acid groups (broad SMARTS) is 1. The molecule has 0 heterocycles. The van der Waals surface area contributed by atoms with E-state index >= 15 is 0 Å². The van der Waals surface area contributed by atoms with Crippen LogP contribution in [-0.2, 0) is 27.2 Å². The lowest BCUT2D eigenvalue weighted by atomic mass is 10.0. The molecule has 0 radical (unpaired) electrons. The van der Waals surface area contributed by atoms with Crippen molar-refractivity contribution in [1.82, 2.24) is 10.6 Å². The third-order valence-electron chi connectivity index (χ3n) is 4.26. The first-order valence-corrected chi connectivity index (χ1v) is 9.84. The second-order valence-electron chi connectivity index (χ2n) is 8.12. The summed E-state index contributed by atoms with van der Waals surface area (Å²) >= 11 is 0. The number of aliphatic carboxylic acids is 1. The number of nitrogens with one attached hydrogen (secondary N) is 2. The summed E-state index contributed by atoms with van der Waals surface area (Å²) in [6.45, 7) is 5.05. The van der Waals surface area contributed by atoms with Crippen LogP contribution in [0.25, 0.3) is 0 Å². The smallest absolute Gasteiger partial charge is 0.408 e. The quantitative estimate of drug-likeness (QED) is 0.597. The van der Waals surface area contributed by atoms with Gasteiger partial charge in [-0.25, -0.2) is 14.0 Å². The molecule has 3 N–H and O–H groups in total. The first-order chi connectivity index (χ1) is 14.5. The Labute approximate surface area is 180 Å². The van der Waals surface area contributed by atoms with E-state index in [2.05, 4.69) is 10.6 Å². The summed E-state index contributed by atoms with van der Waals surface area (Å²) in [6, 6.07) is 12.0. The molecule has 0 aliphatic rings. The molecule has 0 saturated heterocycles. The van der Waals surface area contributed by atoms with E-state index in [9.17, 15) is 23.9 Å². The minimum absolute atomic E-state index is 0.0308. The monoisotopic (exact) mass is 430 g/mol. The summed E-state index contributed by atoms with van der Waals surface area (Å²) in [4.78, 5) is 36.8. The fourth-order valence-electron chi connectivity index (χ4n) is 2.84. The van der Waals surface area contributed by atoms with Gasteiger partial charge >= 0.3 is 12.1 Å². The summed E-state index contributed by atoms with van der Waals surface area (Å²) < 4.78 is 18.4. The van der Waals surface area contributed by atoms with Crippen LogP contribution in [0.2, 0.25) is 0 Å². The number of ether oxygens (including phenoxy) is 1. The van der Waals surface area contributed by atoms with Gasteiger partial charge in [0, 0.05) is 12.8 Å². The Kier molecular flexibility index (Phi) is 8.13. The molecule has 31 heavy (non-hydrogen) atoms. The molecular formula is C23H27FN2O5. The third kappa shape index (κ3) is 8.46. The van der Waals surface area contributed by atoms with Crippen LogP contribution < -0.4 is 10.6 Å². The number of benzene rings is 2. The number of hydrogen-bond acceptors (Lipinski definition) is 4. The maximum atomic E-state index is 13.2. The second-order valence-corrected chi connectivity index (χ2v) is 8.12. The van der Waals surface area contributed by atoms with Crippen molar-refractivity contribution in [2.45, 2.75) is 51.3 Å². The van der Waals surface area contributed by atoms with E-state index in [0.717, 1.165) is 5.56 Å². The number of carbonyl (C=O) groups excluding carboxylic acids is 2. The van der Waals surface area contributed by atoms with Gasteiger partial charge in [-0.05, 0) is 44.0 Å². The van der Waals surface area contributed by atoms with Crippen molar-refractivity contribution in [3.8, 4) is 0 Å². The van der Waals surface area contributed by atoms with Crippen LogP contribution in [0.5, 0.6) is 0 Å². The third-order valence-corrected chi connectivity index (χ3v) is 4.26. The van der Waals surface area contributed by atoms with Gasteiger partial charge in [0.15, 0.2) is 0 Å². The van der Waals surface area contributed by atoms with Gasteiger partial charge < -0.3 is 20.5 Å². The van der Waals surface area contributed by atoms with E-state index in [4.69, 9.17) is 4.74 Å². The van der Waals surface area contributed by atoms with Gasteiger partial charge in [0.05, 0.1) is 0 Å². The molecule has 166 valence electrons. The van der Waals surface area contributed by atoms with E-state index in [1.165, 1.54) is 24.3 Å². The average Bonchev–Trinajstić information content (AvgIpc) is 2.68. The predicted molar refractivity (Wildman–Crippen MR) is 113 cm³/mol. The van der Waals surface area contributed by atoms with Crippen LogP contribution in [0.3, 0.4) is 0 Å². The zero-order chi connectivity index (χ0) is 23.0. The largest absolute Gasteiger partial charge is 0.480 e. The molecule has 0 fully saturated rings. The molecule has 2 atom stereocenters. The van der Waals surface area contributed by atoms with Crippen molar-refractivity contribution in [2.75, 3.05) is 0 Å². The lowest BCUT2D eigenvalue weighted by molar-refractivity contribution is -0.142. The van der Waals surface area contributed by atoms with Gasteiger partial charge in [-0.1, -0.05) is 42.5 Å². The summed E-state index contributed by atoms with van der Waals surface area (Å²) in [5.41, 5.74) is 0.552. The predicted octanol–water partition coefficient (Wildman–Crippen LogP) is 3.07. The van der Waals surface area contributed by atoms with Gasteiger partial charge in [0.2, 0.25) is 5.91 Å². The van der Waals surface area contributed by atoms with Crippen LogP contribution in [0.1, 0.15) is 31.9 Å². The van der Waals surface area contributed by atoms with E-state index in [1.807, 2.05) is 0 Å². The molecular weight excluding hydrogens is 403 g/mol. The minimum Gasteiger partial charge on any atom is -0.480 e. The van der Waals surface area contributed by atoms with Crippen LogP contribution in [0.4, 0.5) is 9.18 Å². The number of amides is 2. The molecule has 0 aromatic heterocycles. The lowest BCUT2D eigenvalue weighted by Gasteiger charge is -2.24. The molecule has 2 aromatic carbocycles. The Hall–Kier alpha value is -3.42. The Morgan fingerprint density at radius 3 is 2.00 bits per heavy atom. The Morgan fingerprint density at radius 1 is 0.903 bits per heavy atom. The molecule has 0 spiro atoms. The van der Waals surface area contributed by atoms with Gasteiger partial charge in [-0.2, -0.15) is 0 Å². The SMILES string of the molecule is CC(C)(C)OC(=O)N[C@H](Cc1ccc(F)cc1)C(=O)N[C@H](Cc1ccccc1)C(=O)O. The summed E-state index contributed by atoms with van der Waals surface area (Å²) in [6.07, 6.45) is -0.703. The molecule has 2 rings (SSSR count). The number of alkyl carbamates (subject to hydrolysis) is 1. The standard InChI is InChI=1S/C23H27FN2O5/c1-23(2,3)31-22(30)26-18(13-16-9-11-17(24)12-10-16)20(27)25-19(21(28)29)14-15-7-5-4-6-8-15/h4-12,18-19H,13-14H2,1-3H3,(H,25,27)(H,26,30)(H,28,29)/t18-,19-/m1/s1. The average molecular weight is 430 g/mol. The maximum absolute atomic E-state index is 13.2. The fraction of sp³-hybridized carbons (Fsp3) is 0.348. The number of carboxylic acids is 1. The summed E-state index contributed by atoms with van der Waals surface area (Å²) in [7, 11) is 0. The molecule has 8 heteroatoms.